The van der Waals surface area contributed by atoms with Gasteiger partial charge in [-0.15, -0.1) is 11.8 Å². The normalized spacial score (nSPS) is 13.2. The van der Waals surface area contributed by atoms with Crippen LogP contribution in [0.25, 0.3) is 0 Å². The molecule has 0 spiro atoms. The second kappa shape index (κ2) is 9.42. The molecule has 0 saturated carbocycles. The molecule has 8 nitrogen and oxygen atoms in total. The Bertz CT molecular complexity index is 928. The van der Waals surface area contributed by atoms with Gasteiger partial charge < -0.3 is 15.0 Å². The van der Waals surface area contributed by atoms with Crippen molar-refractivity contribution in [1.29, 1.82) is 0 Å². The van der Waals surface area contributed by atoms with Crippen molar-refractivity contribution in [3.8, 4) is 0 Å². The third-order valence-electron chi connectivity index (χ3n) is 4.55. The zero-order chi connectivity index (χ0) is 20.8. The Labute approximate surface area is 172 Å². The molecular formula is C20H21N3O5S. The van der Waals surface area contributed by atoms with Crippen LogP contribution in [-0.4, -0.2) is 42.8 Å². The van der Waals surface area contributed by atoms with Crippen molar-refractivity contribution in [2.24, 2.45) is 0 Å². The number of carbonyl (C=O) groups is 2. The van der Waals surface area contributed by atoms with Crippen LogP contribution >= 0.6 is 11.8 Å². The fourth-order valence-electron chi connectivity index (χ4n) is 3.14. The summed E-state index contributed by atoms with van der Waals surface area (Å²) >= 11 is 1.55. The lowest BCUT2D eigenvalue weighted by atomic mass is 10.1. The number of esters is 1. The molecule has 1 aliphatic rings. The lowest BCUT2D eigenvalue weighted by Crippen LogP contribution is -2.24. The van der Waals surface area contributed by atoms with Crippen LogP contribution in [-0.2, 0) is 9.53 Å². The summed E-state index contributed by atoms with van der Waals surface area (Å²) in [5.41, 5.74) is 1.09. The van der Waals surface area contributed by atoms with E-state index < -0.39 is 23.4 Å². The van der Waals surface area contributed by atoms with E-state index in [-0.39, 0.29) is 11.3 Å². The summed E-state index contributed by atoms with van der Waals surface area (Å²) in [6, 6.07) is 11.4. The van der Waals surface area contributed by atoms with Crippen molar-refractivity contribution in [1.82, 2.24) is 0 Å². The molecular weight excluding hydrogens is 394 g/mol. The minimum Gasteiger partial charge on any atom is -0.452 e. The van der Waals surface area contributed by atoms with Gasteiger partial charge in [0.1, 0.15) is 0 Å². The highest BCUT2D eigenvalue weighted by Gasteiger charge is 2.24. The first-order valence-electron chi connectivity index (χ1n) is 9.12. The molecule has 152 valence electrons. The van der Waals surface area contributed by atoms with Crippen LogP contribution in [0.3, 0.4) is 0 Å². The standard InChI is InChI=1S/C20H21N3O5S/c1-29-16-6-4-5-14(11-16)21-19(24)13-28-20(25)17-12-15(23(26)27)7-8-18(17)22-9-2-3-10-22/h4-8,11-12H,2-3,9-10,13H2,1H3,(H,21,24). The zero-order valence-corrected chi connectivity index (χ0v) is 16.7. The second-order valence-electron chi connectivity index (χ2n) is 6.51. The van der Waals surface area contributed by atoms with Gasteiger partial charge in [0.15, 0.2) is 6.61 Å². The number of anilines is 2. The first kappa shape index (κ1) is 20.7. The Balaban J connectivity index is 1.69. The number of thioether (sulfide) groups is 1. The number of ether oxygens (including phenoxy) is 1. The van der Waals surface area contributed by atoms with Crippen molar-refractivity contribution >= 4 is 40.7 Å². The van der Waals surface area contributed by atoms with E-state index >= 15 is 0 Å². The predicted molar refractivity (Wildman–Crippen MR) is 112 cm³/mol. The van der Waals surface area contributed by atoms with Gasteiger partial charge in [-0.1, -0.05) is 6.07 Å². The van der Waals surface area contributed by atoms with Gasteiger partial charge in [-0.3, -0.25) is 14.9 Å². The number of nitro benzene ring substituents is 1. The van der Waals surface area contributed by atoms with Crippen molar-refractivity contribution in [2.75, 3.05) is 36.2 Å². The molecule has 1 saturated heterocycles. The van der Waals surface area contributed by atoms with Crippen molar-refractivity contribution in [2.45, 2.75) is 17.7 Å². The van der Waals surface area contributed by atoms with Crippen molar-refractivity contribution < 1.29 is 19.2 Å². The molecule has 29 heavy (non-hydrogen) atoms. The van der Waals surface area contributed by atoms with Crippen LogP contribution < -0.4 is 10.2 Å². The average molecular weight is 415 g/mol. The molecule has 0 atom stereocenters. The smallest absolute Gasteiger partial charge is 0.341 e. The summed E-state index contributed by atoms with van der Waals surface area (Å²) in [4.78, 5) is 38.3. The number of rotatable bonds is 7. The largest absolute Gasteiger partial charge is 0.452 e. The predicted octanol–water partition coefficient (Wildman–Crippen LogP) is 3.71. The Kier molecular flexibility index (Phi) is 6.71. The molecule has 1 fully saturated rings. The third kappa shape index (κ3) is 5.26. The Morgan fingerprint density at radius 2 is 1.97 bits per heavy atom. The zero-order valence-electron chi connectivity index (χ0n) is 15.9. The maximum Gasteiger partial charge on any atom is 0.341 e. The first-order chi connectivity index (χ1) is 14.0. The lowest BCUT2D eigenvalue weighted by Gasteiger charge is -2.20. The molecule has 0 unspecified atom stereocenters. The fraction of sp³-hybridized carbons (Fsp3) is 0.300. The maximum atomic E-state index is 12.6. The molecule has 0 bridgehead atoms. The average Bonchev–Trinajstić information content (AvgIpc) is 3.26. The Morgan fingerprint density at radius 1 is 1.21 bits per heavy atom. The SMILES string of the molecule is CSc1cccc(NC(=O)COC(=O)c2cc([N+](=O)[O-])ccc2N2CCCC2)c1. The van der Waals surface area contributed by atoms with Gasteiger partial charge in [-0.25, -0.2) is 4.79 Å². The molecule has 1 N–H and O–H groups in total. The van der Waals surface area contributed by atoms with Gasteiger partial charge in [-0.05, 0) is 43.4 Å². The number of nitrogens with one attached hydrogen (secondary N) is 1. The Morgan fingerprint density at radius 3 is 2.66 bits per heavy atom. The molecule has 1 aliphatic heterocycles. The van der Waals surface area contributed by atoms with E-state index in [2.05, 4.69) is 5.32 Å². The van der Waals surface area contributed by atoms with Gasteiger partial charge in [0.05, 0.1) is 16.2 Å². The topological polar surface area (TPSA) is 102 Å². The Hall–Kier alpha value is -3.07. The summed E-state index contributed by atoms with van der Waals surface area (Å²) in [6.07, 6.45) is 3.91. The number of non-ortho nitro benzene ring substituents is 1. The summed E-state index contributed by atoms with van der Waals surface area (Å²) in [5.74, 6) is -1.24. The number of carbonyl (C=O) groups excluding carboxylic acids is 2. The van der Waals surface area contributed by atoms with Gasteiger partial charge >= 0.3 is 5.97 Å². The van der Waals surface area contributed by atoms with Crippen LogP contribution in [0.15, 0.2) is 47.4 Å². The number of amides is 1. The molecule has 1 heterocycles. The second-order valence-corrected chi connectivity index (χ2v) is 7.39. The number of benzene rings is 2. The number of nitro groups is 1. The van der Waals surface area contributed by atoms with Crippen LogP contribution in [0.4, 0.5) is 17.1 Å². The molecule has 0 aromatic heterocycles. The van der Waals surface area contributed by atoms with E-state index in [0.29, 0.717) is 11.4 Å². The lowest BCUT2D eigenvalue weighted by molar-refractivity contribution is -0.384. The van der Waals surface area contributed by atoms with E-state index in [1.54, 1.807) is 23.9 Å². The van der Waals surface area contributed by atoms with Crippen molar-refractivity contribution in [3.05, 3.63) is 58.1 Å². The van der Waals surface area contributed by atoms with Gasteiger partial charge in [0, 0.05) is 35.8 Å². The molecule has 9 heteroatoms. The van der Waals surface area contributed by atoms with E-state index in [1.165, 1.54) is 12.1 Å². The fourth-order valence-corrected chi connectivity index (χ4v) is 3.60. The van der Waals surface area contributed by atoms with Gasteiger partial charge in [-0.2, -0.15) is 0 Å². The maximum absolute atomic E-state index is 12.6. The highest BCUT2D eigenvalue weighted by molar-refractivity contribution is 7.98. The minimum atomic E-state index is -0.761. The number of hydrogen-bond donors (Lipinski definition) is 1. The highest BCUT2D eigenvalue weighted by Crippen LogP contribution is 2.29. The summed E-state index contributed by atoms with van der Waals surface area (Å²) in [5, 5.41) is 13.8. The molecule has 3 rings (SSSR count). The third-order valence-corrected chi connectivity index (χ3v) is 5.27. The summed E-state index contributed by atoms with van der Waals surface area (Å²) in [6.45, 7) is 1.05. The van der Waals surface area contributed by atoms with E-state index in [0.717, 1.165) is 30.8 Å². The van der Waals surface area contributed by atoms with Crippen LogP contribution in [0.1, 0.15) is 23.2 Å². The minimum absolute atomic E-state index is 0.0956. The van der Waals surface area contributed by atoms with Crippen LogP contribution in [0, 0.1) is 10.1 Å². The molecule has 2 aromatic rings. The van der Waals surface area contributed by atoms with Gasteiger partial charge in [0.25, 0.3) is 11.6 Å². The van der Waals surface area contributed by atoms with E-state index in [4.69, 9.17) is 4.74 Å². The summed E-state index contributed by atoms with van der Waals surface area (Å²) in [7, 11) is 0. The van der Waals surface area contributed by atoms with Gasteiger partial charge in [0.2, 0.25) is 0 Å². The van der Waals surface area contributed by atoms with Crippen LogP contribution in [0.2, 0.25) is 0 Å². The molecule has 2 aromatic carbocycles. The summed E-state index contributed by atoms with van der Waals surface area (Å²) < 4.78 is 5.15. The highest BCUT2D eigenvalue weighted by atomic mass is 32.2. The first-order valence-corrected chi connectivity index (χ1v) is 10.3. The van der Waals surface area contributed by atoms with E-state index in [9.17, 15) is 19.7 Å². The molecule has 1 amide bonds. The quantitative estimate of drug-likeness (QED) is 0.318. The number of nitrogens with zero attached hydrogens (tertiary/aromatic N) is 2. The van der Waals surface area contributed by atoms with E-state index in [1.807, 2.05) is 29.4 Å². The van der Waals surface area contributed by atoms with Crippen LogP contribution in [0.5, 0.6) is 0 Å². The van der Waals surface area contributed by atoms with Crippen molar-refractivity contribution in [3.63, 3.8) is 0 Å². The number of hydrogen-bond acceptors (Lipinski definition) is 7. The molecule has 0 radical (unpaired) electrons. The monoisotopic (exact) mass is 415 g/mol. The molecule has 0 aliphatic carbocycles.